The molecule has 2 fully saturated rings. The maximum absolute atomic E-state index is 12.8. The molecule has 5 rings (SSSR count). The molecular formula is C31H38ClN5O2. The Bertz CT molecular complexity index is 1270. The summed E-state index contributed by atoms with van der Waals surface area (Å²) in [6.45, 7) is 10.3. The molecule has 3 aromatic rings. The first-order valence-corrected chi connectivity index (χ1v) is 14.0. The number of nitrogens with zero attached hydrogens (tertiary/aromatic N) is 2. The van der Waals surface area contributed by atoms with Crippen LogP contribution in [0.25, 0.3) is 0 Å². The molecule has 0 bridgehead atoms. The molecule has 2 heterocycles. The van der Waals surface area contributed by atoms with E-state index in [1.165, 1.54) is 6.42 Å². The topological polar surface area (TPSA) is 94.7 Å². The van der Waals surface area contributed by atoms with Crippen LogP contribution in [0.3, 0.4) is 0 Å². The number of rotatable bonds is 7. The minimum atomic E-state index is -0.244. The minimum absolute atomic E-state index is 0.244. The lowest BCUT2D eigenvalue weighted by Gasteiger charge is -2.43. The van der Waals surface area contributed by atoms with Crippen molar-refractivity contribution in [1.29, 1.82) is 5.41 Å². The highest BCUT2D eigenvalue weighted by Crippen LogP contribution is 2.23. The first kappa shape index (κ1) is 28.6. The molecule has 39 heavy (non-hydrogen) atoms. The van der Waals surface area contributed by atoms with Crippen molar-refractivity contribution in [1.82, 2.24) is 10.2 Å². The lowest BCUT2D eigenvalue weighted by atomic mass is 9.98. The molecule has 7 nitrogen and oxygen atoms in total. The summed E-state index contributed by atoms with van der Waals surface area (Å²) in [7, 11) is 0. The molecule has 2 aliphatic rings. The second kappa shape index (κ2) is 13.6. The number of benzene rings is 3. The van der Waals surface area contributed by atoms with Crippen LogP contribution in [-0.2, 0) is 11.3 Å². The first-order valence-electron chi connectivity index (χ1n) is 13.6. The lowest BCUT2D eigenvalue weighted by Crippen LogP contribution is -2.56. The number of nitrogens with one attached hydrogen (secondary N) is 2. The minimum Gasteiger partial charge on any atom is -0.398 e. The Morgan fingerprint density at radius 2 is 1.64 bits per heavy atom. The van der Waals surface area contributed by atoms with E-state index in [-0.39, 0.29) is 11.6 Å². The average Bonchev–Trinajstić information content (AvgIpc) is 2.92. The van der Waals surface area contributed by atoms with E-state index in [0.29, 0.717) is 34.4 Å². The number of nitrogens with two attached hydrogens (primary N) is 1. The van der Waals surface area contributed by atoms with Gasteiger partial charge in [0, 0.05) is 65.8 Å². The van der Waals surface area contributed by atoms with Gasteiger partial charge in [-0.1, -0.05) is 62.2 Å². The van der Waals surface area contributed by atoms with E-state index >= 15 is 0 Å². The van der Waals surface area contributed by atoms with E-state index in [1.54, 1.807) is 24.3 Å². The van der Waals surface area contributed by atoms with Crippen molar-refractivity contribution < 1.29 is 9.53 Å². The van der Waals surface area contributed by atoms with Gasteiger partial charge in [0.25, 0.3) is 5.91 Å². The van der Waals surface area contributed by atoms with Crippen LogP contribution >= 0.6 is 11.6 Å². The highest BCUT2D eigenvalue weighted by molar-refractivity contribution is 6.31. The zero-order valence-corrected chi connectivity index (χ0v) is 23.5. The summed E-state index contributed by atoms with van der Waals surface area (Å²) in [6, 6.07) is 21.0. The summed E-state index contributed by atoms with van der Waals surface area (Å²) < 4.78 is 5.32. The van der Waals surface area contributed by atoms with Gasteiger partial charge in [0.15, 0.2) is 0 Å². The molecule has 2 aliphatic heterocycles. The van der Waals surface area contributed by atoms with Crippen molar-refractivity contribution in [3.05, 3.63) is 94.0 Å². The number of nitrogen functional groups attached to an aromatic ring is 1. The fourth-order valence-electron chi connectivity index (χ4n) is 4.61. The first-order chi connectivity index (χ1) is 18.9. The van der Waals surface area contributed by atoms with Crippen LogP contribution in [0.4, 0.5) is 11.4 Å². The van der Waals surface area contributed by atoms with E-state index in [0.717, 1.165) is 56.2 Å². The smallest absolute Gasteiger partial charge is 0.251 e. The number of hydrogen-bond donors (Lipinski definition) is 3. The van der Waals surface area contributed by atoms with Gasteiger partial charge in [-0.2, -0.15) is 0 Å². The van der Waals surface area contributed by atoms with E-state index in [9.17, 15) is 4.79 Å². The number of halogens is 1. The fourth-order valence-corrected chi connectivity index (χ4v) is 4.81. The van der Waals surface area contributed by atoms with Crippen LogP contribution in [0.15, 0.2) is 66.7 Å². The Morgan fingerprint density at radius 1 is 1.00 bits per heavy atom. The van der Waals surface area contributed by atoms with Crippen LogP contribution < -0.4 is 16.0 Å². The molecule has 2 saturated heterocycles. The van der Waals surface area contributed by atoms with Crippen LogP contribution in [0.2, 0.25) is 5.02 Å². The highest BCUT2D eigenvalue weighted by atomic mass is 35.5. The van der Waals surface area contributed by atoms with Gasteiger partial charge in [-0.15, -0.1) is 0 Å². The molecule has 8 heteroatoms. The lowest BCUT2D eigenvalue weighted by molar-refractivity contribution is -0.0660. The third-order valence-electron chi connectivity index (χ3n) is 6.95. The van der Waals surface area contributed by atoms with Crippen LogP contribution in [-0.4, -0.2) is 62.0 Å². The SMILES string of the molecule is CCC.N=C(c1ccc(N2CCN(C3COC3)CC2)cc1)c1cc(C(=O)NCc2ccccc2Cl)ccc1N. The van der Waals surface area contributed by atoms with Gasteiger partial charge in [0.2, 0.25) is 0 Å². The number of carbonyl (C=O) groups is 1. The molecule has 0 aliphatic carbocycles. The molecule has 0 saturated carbocycles. The third-order valence-corrected chi connectivity index (χ3v) is 7.32. The molecule has 0 radical (unpaired) electrons. The normalized spacial score (nSPS) is 15.6. The average molecular weight is 548 g/mol. The monoisotopic (exact) mass is 547 g/mol. The number of ether oxygens (including phenoxy) is 1. The largest absolute Gasteiger partial charge is 0.398 e. The van der Waals surface area contributed by atoms with Gasteiger partial charge in [-0.05, 0) is 42.0 Å². The third kappa shape index (κ3) is 7.18. The van der Waals surface area contributed by atoms with Gasteiger partial charge in [0.1, 0.15) is 0 Å². The summed E-state index contributed by atoms with van der Waals surface area (Å²) in [6.07, 6.45) is 1.25. The summed E-state index contributed by atoms with van der Waals surface area (Å²) >= 11 is 6.19. The van der Waals surface area contributed by atoms with Gasteiger partial charge < -0.3 is 20.7 Å². The zero-order chi connectivity index (χ0) is 27.8. The van der Waals surface area contributed by atoms with Crippen molar-refractivity contribution >= 4 is 34.6 Å². The van der Waals surface area contributed by atoms with E-state index in [4.69, 9.17) is 27.5 Å². The maximum atomic E-state index is 12.8. The van der Waals surface area contributed by atoms with Crippen molar-refractivity contribution in [3.63, 3.8) is 0 Å². The Balaban J connectivity index is 0.00000112. The number of anilines is 2. The van der Waals surface area contributed by atoms with Gasteiger partial charge in [-0.3, -0.25) is 15.1 Å². The molecule has 0 aromatic heterocycles. The Kier molecular flexibility index (Phi) is 9.98. The van der Waals surface area contributed by atoms with E-state index in [1.807, 2.05) is 30.3 Å². The van der Waals surface area contributed by atoms with Crippen LogP contribution in [0, 0.1) is 5.41 Å². The van der Waals surface area contributed by atoms with Gasteiger partial charge >= 0.3 is 0 Å². The van der Waals surface area contributed by atoms with Gasteiger partial charge in [-0.25, -0.2) is 0 Å². The molecule has 206 valence electrons. The summed E-state index contributed by atoms with van der Waals surface area (Å²) in [4.78, 5) is 17.7. The second-order valence-electron chi connectivity index (χ2n) is 9.92. The standard InChI is InChI=1S/C28H30ClN5O2.C3H8/c29-25-4-2-1-3-21(25)16-32-28(35)20-7-10-26(30)24(15-20)27(31)19-5-8-22(9-6-19)33-11-13-34(14-12-33)23-17-36-18-23;1-3-2/h1-10,15,23,31H,11-14,16-18,30H2,(H,32,35);3H2,1-2H3. The number of amides is 1. The summed E-state index contributed by atoms with van der Waals surface area (Å²) in [5, 5.41) is 12.3. The molecule has 0 unspecified atom stereocenters. The Hall–Kier alpha value is -3.39. The predicted molar refractivity (Wildman–Crippen MR) is 160 cm³/mol. The number of carbonyl (C=O) groups excluding carboxylic acids is 1. The predicted octanol–water partition coefficient (Wildman–Crippen LogP) is 5.21. The van der Waals surface area contributed by atoms with Crippen molar-refractivity contribution in [3.8, 4) is 0 Å². The second-order valence-corrected chi connectivity index (χ2v) is 10.3. The molecule has 0 atom stereocenters. The molecule has 4 N–H and O–H groups in total. The molecule has 0 spiro atoms. The molecule has 3 aromatic carbocycles. The highest BCUT2D eigenvalue weighted by Gasteiger charge is 2.28. The van der Waals surface area contributed by atoms with E-state index in [2.05, 4.69) is 41.1 Å². The zero-order valence-electron chi connectivity index (χ0n) is 22.8. The Morgan fingerprint density at radius 3 is 2.26 bits per heavy atom. The number of piperazine rings is 1. The maximum Gasteiger partial charge on any atom is 0.251 e. The van der Waals surface area contributed by atoms with Gasteiger partial charge in [0.05, 0.1) is 25.0 Å². The van der Waals surface area contributed by atoms with Crippen molar-refractivity contribution in [2.75, 3.05) is 50.0 Å². The molecule has 1 amide bonds. The quantitative estimate of drug-likeness (QED) is 0.279. The van der Waals surface area contributed by atoms with Crippen LogP contribution in [0.1, 0.15) is 47.3 Å². The van der Waals surface area contributed by atoms with Crippen molar-refractivity contribution in [2.24, 2.45) is 0 Å². The fraction of sp³-hybridized carbons (Fsp3) is 0.355. The number of hydrogen-bond acceptors (Lipinski definition) is 6. The Labute approximate surface area is 236 Å². The molecular weight excluding hydrogens is 510 g/mol. The van der Waals surface area contributed by atoms with Crippen molar-refractivity contribution in [2.45, 2.75) is 32.9 Å². The van der Waals surface area contributed by atoms with Crippen LogP contribution in [0.5, 0.6) is 0 Å². The van der Waals surface area contributed by atoms with E-state index < -0.39 is 0 Å². The summed E-state index contributed by atoms with van der Waals surface area (Å²) in [5.41, 5.74) is 10.7. The summed E-state index contributed by atoms with van der Waals surface area (Å²) in [5.74, 6) is -0.244.